The lowest BCUT2D eigenvalue weighted by molar-refractivity contribution is 0.00578. The first-order valence-electron chi connectivity index (χ1n) is 25.4. The molecule has 2 aromatic heterocycles. The summed E-state index contributed by atoms with van der Waals surface area (Å²) in [5, 5.41) is 40.7. The van der Waals surface area contributed by atoms with E-state index in [2.05, 4.69) is 132 Å². The van der Waals surface area contributed by atoms with E-state index in [4.69, 9.17) is 14.6 Å². The largest absolute Gasteiger partial charge is 0.495 e. The SMILES string of the molecule is CC1(C)OB(c2cccc3c2CCCC3)OC1(C)C.Cc1cc2c(cc1C#N)c(-c1cccc3c1CCCC3)cn2C1CCC(O)CC1.Cc1cc2c(cc1C#N)c(Br)cn2C1CCC(O)CC1. The van der Waals surface area contributed by atoms with E-state index in [1.165, 1.54) is 93.8 Å². The highest BCUT2D eigenvalue weighted by atomic mass is 79.9. The second kappa shape index (κ2) is 20.0. The van der Waals surface area contributed by atoms with Gasteiger partial charge in [0, 0.05) is 56.3 Å². The first-order valence-corrected chi connectivity index (χ1v) is 26.1. The van der Waals surface area contributed by atoms with E-state index in [-0.39, 0.29) is 30.5 Å². The lowest BCUT2D eigenvalue weighted by Crippen LogP contribution is -2.41. The van der Waals surface area contributed by atoms with Crippen LogP contribution in [-0.4, -0.2) is 49.9 Å². The van der Waals surface area contributed by atoms with Crippen molar-refractivity contribution in [3.63, 3.8) is 0 Å². The van der Waals surface area contributed by atoms with E-state index < -0.39 is 0 Å². The molecule has 3 fully saturated rings. The molecule has 3 heterocycles. The van der Waals surface area contributed by atoms with Crippen LogP contribution in [0.4, 0.5) is 0 Å². The van der Waals surface area contributed by atoms with Crippen molar-refractivity contribution >= 4 is 50.3 Å². The molecule has 0 radical (unpaired) electrons. The van der Waals surface area contributed by atoms with Gasteiger partial charge in [-0.3, -0.25) is 0 Å². The van der Waals surface area contributed by atoms with Gasteiger partial charge in [0.25, 0.3) is 0 Å². The molecule has 354 valence electrons. The predicted octanol–water partition coefficient (Wildman–Crippen LogP) is 12.8. The highest BCUT2D eigenvalue weighted by molar-refractivity contribution is 9.10. The van der Waals surface area contributed by atoms with Crippen LogP contribution in [0.5, 0.6) is 0 Å². The van der Waals surface area contributed by atoms with Gasteiger partial charge in [0.1, 0.15) is 0 Å². The quantitative estimate of drug-likeness (QED) is 0.170. The van der Waals surface area contributed by atoms with Crippen molar-refractivity contribution in [2.75, 3.05) is 0 Å². The molecule has 4 aromatic carbocycles. The molecule has 1 saturated heterocycles. The molecule has 1 aliphatic heterocycles. The summed E-state index contributed by atoms with van der Waals surface area (Å²) in [7, 11) is -0.210. The van der Waals surface area contributed by atoms with Gasteiger partial charge in [-0.15, -0.1) is 0 Å². The molecule has 6 aromatic rings. The lowest BCUT2D eigenvalue weighted by Gasteiger charge is -2.32. The van der Waals surface area contributed by atoms with Gasteiger partial charge in [-0.2, -0.15) is 10.5 Å². The lowest BCUT2D eigenvalue weighted by atomic mass is 9.72. The van der Waals surface area contributed by atoms with Crippen LogP contribution < -0.4 is 5.46 Å². The van der Waals surface area contributed by atoms with Crippen LogP contribution in [0.25, 0.3) is 32.9 Å². The summed E-state index contributed by atoms with van der Waals surface area (Å²) in [6.07, 6.45) is 21.5. The number of aliphatic hydroxyl groups excluding tert-OH is 2. The number of hydrogen-bond acceptors (Lipinski definition) is 6. The highest BCUT2D eigenvalue weighted by Crippen LogP contribution is 2.42. The molecule has 8 nitrogen and oxygen atoms in total. The Kier molecular flexibility index (Phi) is 14.2. The monoisotopic (exact) mass is 974 g/mol. The molecule has 11 rings (SSSR count). The summed E-state index contributed by atoms with van der Waals surface area (Å²) in [6, 6.07) is 27.1. The number of aromatic nitrogens is 2. The maximum absolute atomic E-state index is 9.97. The first-order chi connectivity index (χ1) is 32.7. The van der Waals surface area contributed by atoms with Gasteiger partial charge in [0.05, 0.1) is 46.7 Å². The number of aliphatic hydroxyl groups is 2. The maximum atomic E-state index is 9.97. The average Bonchev–Trinajstić information content (AvgIpc) is 3.94. The van der Waals surface area contributed by atoms with E-state index in [9.17, 15) is 15.5 Å². The summed E-state index contributed by atoms with van der Waals surface area (Å²) < 4.78 is 18.2. The Morgan fingerprint density at radius 3 is 1.63 bits per heavy atom. The Morgan fingerprint density at radius 2 is 1.07 bits per heavy atom. The van der Waals surface area contributed by atoms with Gasteiger partial charge in [-0.1, -0.05) is 36.4 Å². The Labute approximate surface area is 412 Å². The van der Waals surface area contributed by atoms with Gasteiger partial charge >= 0.3 is 7.12 Å². The molecule has 0 amide bonds. The van der Waals surface area contributed by atoms with Gasteiger partial charge in [0.2, 0.25) is 0 Å². The number of nitrogens with zero attached hydrogens (tertiary/aromatic N) is 4. The maximum Gasteiger partial charge on any atom is 0.495 e. The van der Waals surface area contributed by atoms with Crippen molar-refractivity contribution in [3.05, 3.63) is 122 Å². The molecule has 10 heteroatoms. The Morgan fingerprint density at radius 1 is 0.603 bits per heavy atom. The van der Waals surface area contributed by atoms with Crippen molar-refractivity contribution in [1.29, 1.82) is 10.5 Å². The molecule has 0 bridgehead atoms. The third-order valence-electron chi connectivity index (χ3n) is 16.3. The third kappa shape index (κ3) is 9.62. The fourth-order valence-corrected chi connectivity index (χ4v) is 12.1. The molecule has 5 aliphatic rings. The fourth-order valence-electron chi connectivity index (χ4n) is 11.5. The summed E-state index contributed by atoms with van der Waals surface area (Å²) >= 11 is 3.60. The van der Waals surface area contributed by atoms with Crippen LogP contribution in [-0.2, 0) is 35.0 Å². The second-order valence-corrected chi connectivity index (χ2v) is 22.1. The standard InChI is InChI=1S/C26H28N2O.C16H23BO2.C16H17BrN2O/c1-17-13-26-24(14-19(17)15-27)25(16-28(26)20-9-11-21(29)12-10-20)23-8-4-6-18-5-2-3-7-22(18)23;1-15(2)16(3,4)19-17(18-15)14-11-7-9-12-8-5-6-10-13(12)14;1-10-6-16-14(7-11(10)8-18)15(17)9-19(16)12-2-4-13(20)5-3-12/h4,6,8,13-14,16,20-21,29H,2-3,5,7,9-12H2,1H3;7,9,11H,5-6,8,10H2,1-4H3;6-7,9,12-13,20H,2-5H2,1H3. The molecule has 0 atom stereocenters. The number of halogens is 1. The summed E-state index contributed by atoms with van der Waals surface area (Å²) in [5.41, 5.74) is 15.2. The molecular formula is C58H68BBrN4O4. The number of aryl methyl sites for hydroxylation is 4. The highest BCUT2D eigenvalue weighted by Gasteiger charge is 2.52. The van der Waals surface area contributed by atoms with Gasteiger partial charge in [-0.05, 0) is 229 Å². The van der Waals surface area contributed by atoms with Crippen molar-refractivity contribution in [3.8, 4) is 23.3 Å². The zero-order chi connectivity index (χ0) is 47.9. The molecule has 2 saturated carbocycles. The van der Waals surface area contributed by atoms with Crippen LogP contribution in [0.3, 0.4) is 0 Å². The number of benzene rings is 4. The van der Waals surface area contributed by atoms with E-state index in [0.717, 1.165) is 96.3 Å². The molecule has 68 heavy (non-hydrogen) atoms. The van der Waals surface area contributed by atoms with Crippen molar-refractivity contribution in [2.24, 2.45) is 0 Å². The van der Waals surface area contributed by atoms with Gasteiger partial charge in [-0.25, -0.2) is 0 Å². The zero-order valence-corrected chi connectivity index (χ0v) is 42.6. The molecule has 0 unspecified atom stereocenters. The topological polar surface area (TPSA) is 116 Å². The van der Waals surface area contributed by atoms with E-state index in [0.29, 0.717) is 12.1 Å². The number of fused-ring (bicyclic) bond motifs is 4. The Balaban J connectivity index is 0.000000132. The smallest absolute Gasteiger partial charge is 0.399 e. The molecule has 0 spiro atoms. The van der Waals surface area contributed by atoms with Crippen LogP contribution in [0.2, 0.25) is 0 Å². The van der Waals surface area contributed by atoms with E-state index in [1.807, 2.05) is 19.9 Å². The van der Waals surface area contributed by atoms with Crippen molar-refractivity contribution in [1.82, 2.24) is 9.13 Å². The normalized spacial score (nSPS) is 22.8. The molecule has 2 N–H and O–H groups in total. The summed E-state index contributed by atoms with van der Waals surface area (Å²) in [4.78, 5) is 0. The zero-order valence-electron chi connectivity index (χ0n) is 41.0. The predicted molar refractivity (Wildman–Crippen MR) is 278 cm³/mol. The van der Waals surface area contributed by atoms with Crippen LogP contribution in [0.15, 0.2) is 77.5 Å². The van der Waals surface area contributed by atoms with Crippen LogP contribution in [0, 0.1) is 36.5 Å². The van der Waals surface area contributed by atoms with E-state index >= 15 is 0 Å². The van der Waals surface area contributed by atoms with Crippen LogP contribution >= 0.6 is 15.9 Å². The minimum atomic E-state index is -0.255. The Hall–Kier alpha value is -4.68. The number of hydrogen-bond donors (Lipinski definition) is 2. The first kappa shape index (κ1) is 48.4. The Bertz CT molecular complexity index is 2890. The van der Waals surface area contributed by atoms with Gasteiger partial charge in [0.15, 0.2) is 0 Å². The number of nitriles is 2. The van der Waals surface area contributed by atoms with Crippen LogP contribution in [0.1, 0.15) is 161 Å². The minimum absolute atomic E-state index is 0.136. The van der Waals surface area contributed by atoms with Crippen molar-refractivity contribution < 1.29 is 19.5 Å². The molecular weight excluding hydrogens is 907 g/mol. The van der Waals surface area contributed by atoms with Gasteiger partial charge < -0.3 is 28.7 Å². The summed E-state index contributed by atoms with van der Waals surface area (Å²) in [5.74, 6) is 0. The third-order valence-corrected chi connectivity index (χ3v) is 16.9. The summed E-state index contributed by atoms with van der Waals surface area (Å²) in [6.45, 7) is 12.5. The minimum Gasteiger partial charge on any atom is -0.399 e. The number of rotatable bonds is 4. The fraction of sp³-hybridized carbons (Fsp3) is 0.483. The second-order valence-electron chi connectivity index (χ2n) is 21.3. The molecule has 4 aliphatic carbocycles. The van der Waals surface area contributed by atoms with E-state index in [1.54, 1.807) is 0 Å². The van der Waals surface area contributed by atoms with Crippen molar-refractivity contribution in [2.45, 2.75) is 180 Å². The average molecular weight is 976 g/mol.